The first kappa shape index (κ1) is 14.5. The van der Waals surface area contributed by atoms with Gasteiger partial charge >= 0.3 is 6.03 Å². The molecule has 1 aromatic carbocycles. The molecule has 106 valence electrons. The van der Waals surface area contributed by atoms with Gasteiger partial charge in [-0.15, -0.1) is 11.3 Å². The highest BCUT2D eigenvalue weighted by Crippen LogP contribution is 2.17. The molecule has 2 rings (SSSR count). The molecule has 0 aliphatic rings. The lowest BCUT2D eigenvalue weighted by Gasteiger charge is -2.07. The second kappa shape index (κ2) is 6.00. The first-order chi connectivity index (χ1) is 9.45. The number of anilines is 1. The van der Waals surface area contributed by atoms with Gasteiger partial charge in [-0.25, -0.2) is 14.2 Å². The van der Waals surface area contributed by atoms with Crippen LogP contribution in [0.3, 0.4) is 0 Å². The number of aromatic nitrogens is 1. The molecule has 4 nitrogen and oxygen atoms in total. The summed E-state index contributed by atoms with van der Waals surface area (Å²) in [6.07, 6.45) is 0. The number of carbonyl (C=O) groups excluding carboxylic acids is 1. The van der Waals surface area contributed by atoms with Crippen molar-refractivity contribution in [2.24, 2.45) is 0 Å². The van der Waals surface area contributed by atoms with E-state index in [-0.39, 0.29) is 11.8 Å². The van der Waals surface area contributed by atoms with Crippen LogP contribution in [-0.2, 0) is 6.54 Å². The molecule has 2 aromatic rings. The quantitative estimate of drug-likeness (QED) is 0.909. The minimum absolute atomic E-state index is 0.336. The number of hydrogen-bond acceptors (Lipinski definition) is 3. The highest BCUT2D eigenvalue weighted by Gasteiger charge is 2.08. The van der Waals surface area contributed by atoms with Gasteiger partial charge in [0.15, 0.2) is 0 Å². The summed E-state index contributed by atoms with van der Waals surface area (Å²) in [5.74, 6) is -0.336. The first-order valence-electron chi connectivity index (χ1n) is 6.19. The molecule has 2 N–H and O–H groups in total. The van der Waals surface area contributed by atoms with Crippen molar-refractivity contribution >= 4 is 23.1 Å². The summed E-state index contributed by atoms with van der Waals surface area (Å²) in [6.45, 7) is 5.93. The Morgan fingerprint density at radius 3 is 2.70 bits per heavy atom. The average molecular weight is 293 g/mol. The third-order valence-electron chi connectivity index (χ3n) is 2.84. The number of halogens is 1. The zero-order valence-corrected chi connectivity index (χ0v) is 12.4. The topological polar surface area (TPSA) is 54.0 Å². The van der Waals surface area contributed by atoms with E-state index in [1.54, 1.807) is 30.4 Å². The molecule has 0 fully saturated rings. The van der Waals surface area contributed by atoms with Crippen LogP contribution in [0.2, 0.25) is 0 Å². The molecule has 1 aromatic heterocycles. The number of hydrogen-bond donors (Lipinski definition) is 2. The van der Waals surface area contributed by atoms with Crippen LogP contribution in [0.25, 0.3) is 0 Å². The Balaban J connectivity index is 1.92. The van der Waals surface area contributed by atoms with E-state index in [2.05, 4.69) is 15.6 Å². The number of amides is 2. The predicted molar refractivity (Wildman–Crippen MR) is 78.6 cm³/mol. The molecule has 0 bridgehead atoms. The number of rotatable bonds is 3. The van der Waals surface area contributed by atoms with Crippen molar-refractivity contribution in [3.05, 3.63) is 45.2 Å². The molecule has 0 unspecified atom stereocenters. The maximum absolute atomic E-state index is 13.4. The number of thiazole rings is 1. The van der Waals surface area contributed by atoms with Crippen molar-refractivity contribution in [2.75, 3.05) is 5.32 Å². The Hall–Kier alpha value is -1.95. The maximum Gasteiger partial charge on any atom is 0.319 e. The number of carbonyl (C=O) groups is 1. The van der Waals surface area contributed by atoms with Gasteiger partial charge in [-0.1, -0.05) is 6.07 Å². The van der Waals surface area contributed by atoms with Crippen LogP contribution in [0.1, 0.15) is 21.1 Å². The highest BCUT2D eigenvalue weighted by molar-refractivity contribution is 7.11. The van der Waals surface area contributed by atoms with Crippen molar-refractivity contribution in [3.63, 3.8) is 0 Å². The Morgan fingerprint density at radius 1 is 1.35 bits per heavy atom. The Morgan fingerprint density at radius 2 is 2.10 bits per heavy atom. The van der Waals surface area contributed by atoms with Gasteiger partial charge in [0.25, 0.3) is 0 Å². The lowest BCUT2D eigenvalue weighted by molar-refractivity contribution is 0.252. The second-order valence-corrected chi connectivity index (χ2v) is 5.80. The number of aryl methyl sites for hydroxylation is 3. The summed E-state index contributed by atoms with van der Waals surface area (Å²) >= 11 is 1.55. The minimum Gasteiger partial charge on any atom is -0.333 e. The smallest absolute Gasteiger partial charge is 0.319 e. The van der Waals surface area contributed by atoms with Gasteiger partial charge < -0.3 is 10.6 Å². The van der Waals surface area contributed by atoms with Gasteiger partial charge in [0.1, 0.15) is 5.82 Å². The molecule has 0 aliphatic carbocycles. The second-order valence-electron chi connectivity index (χ2n) is 4.51. The third-order valence-corrected chi connectivity index (χ3v) is 3.91. The van der Waals surface area contributed by atoms with Crippen LogP contribution in [0.4, 0.5) is 14.9 Å². The fraction of sp³-hybridized carbons (Fsp3) is 0.286. The molecule has 20 heavy (non-hydrogen) atoms. The number of nitrogens with one attached hydrogen (secondary N) is 2. The highest BCUT2D eigenvalue weighted by atomic mass is 32.1. The Bertz CT molecular complexity index is 639. The van der Waals surface area contributed by atoms with E-state index < -0.39 is 0 Å². The molecule has 1 heterocycles. The fourth-order valence-electron chi connectivity index (χ4n) is 1.74. The zero-order valence-electron chi connectivity index (χ0n) is 11.6. The van der Waals surface area contributed by atoms with Crippen molar-refractivity contribution < 1.29 is 9.18 Å². The molecular weight excluding hydrogens is 277 g/mol. The largest absolute Gasteiger partial charge is 0.333 e. The fourth-order valence-corrected chi connectivity index (χ4v) is 2.62. The minimum atomic E-state index is -0.362. The van der Waals surface area contributed by atoms with Crippen LogP contribution < -0.4 is 10.6 Å². The van der Waals surface area contributed by atoms with Crippen LogP contribution in [0, 0.1) is 26.6 Å². The molecule has 6 heteroatoms. The molecule has 0 saturated carbocycles. The summed E-state index contributed by atoms with van der Waals surface area (Å²) in [6, 6.07) is 4.23. The van der Waals surface area contributed by atoms with Gasteiger partial charge in [-0.05, 0) is 38.5 Å². The van der Waals surface area contributed by atoms with Gasteiger partial charge in [0.05, 0.1) is 17.2 Å². The molecule has 2 amide bonds. The van der Waals surface area contributed by atoms with Crippen LogP contribution in [-0.4, -0.2) is 11.0 Å². The van der Waals surface area contributed by atoms with E-state index >= 15 is 0 Å². The van der Waals surface area contributed by atoms with Crippen molar-refractivity contribution in [1.82, 2.24) is 10.3 Å². The van der Waals surface area contributed by atoms with E-state index in [9.17, 15) is 9.18 Å². The lowest BCUT2D eigenvalue weighted by Crippen LogP contribution is -2.28. The van der Waals surface area contributed by atoms with E-state index in [0.29, 0.717) is 17.8 Å². The van der Waals surface area contributed by atoms with E-state index in [4.69, 9.17) is 0 Å². The summed E-state index contributed by atoms with van der Waals surface area (Å²) in [5.41, 5.74) is 1.91. The SMILES string of the molecule is Cc1nc(C)c(CNC(=O)Nc2ccc(C)c(F)c2)s1. The lowest BCUT2D eigenvalue weighted by atomic mass is 10.2. The molecule has 0 spiro atoms. The molecule has 0 saturated heterocycles. The molecule has 0 radical (unpaired) electrons. The van der Waals surface area contributed by atoms with Gasteiger partial charge in [0.2, 0.25) is 0 Å². The third kappa shape index (κ3) is 3.54. The van der Waals surface area contributed by atoms with Gasteiger partial charge in [-0.3, -0.25) is 0 Å². The van der Waals surface area contributed by atoms with Crippen molar-refractivity contribution in [3.8, 4) is 0 Å². The molecule has 0 atom stereocenters. The first-order valence-corrected chi connectivity index (χ1v) is 7.01. The normalized spacial score (nSPS) is 10.4. The van der Waals surface area contributed by atoms with Crippen molar-refractivity contribution in [2.45, 2.75) is 27.3 Å². The Labute approximate surface area is 121 Å². The van der Waals surface area contributed by atoms with Crippen LogP contribution in [0.5, 0.6) is 0 Å². The van der Waals surface area contributed by atoms with Crippen LogP contribution in [0.15, 0.2) is 18.2 Å². The standard InChI is InChI=1S/C14H16FN3OS/c1-8-4-5-11(6-12(8)15)18-14(19)16-7-13-9(2)17-10(3)20-13/h4-6H,7H2,1-3H3,(H2,16,18,19). The van der Waals surface area contributed by atoms with E-state index in [1.807, 2.05) is 13.8 Å². The van der Waals surface area contributed by atoms with E-state index in [0.717, 1.165) is 15.6 Å². The summed E-state index contributed by atoms with van der Waals surface area (Å²) in [7, 11) is 0. The summed E-state index contributed by atoms with van der Waals surface area (Å²) in [4.78, 5) is 17.1. The number of nitrogens with zero attached hydrogens (tertiary/aromatic N) is 1. The van der Waals surface area contributed by atoms with Gasteiger partial charge in [-0.2, -0.15) is 0 Å². The van der Waals surface area contributed by atoms with Crippen LogP contribution >= 0.6 is 11.3 Å². The maximum atomic E-state index is 13.4. The predicted octanol–water partition coefficient (Wildman–Crippen LogP) is 3.53. The molecular formula is C14H16FN3OS. The Kier molecular flexibility index (Phi) is 4.34. The monoisotopic (exact) mass is 293 g/mol. The van der Waals surface area contributed by atoms with E-state index in [1.165, 1.54) is 6.07 Å². The average Bonchev–Trinajstić information content (AvgIpc) is 2.70. The molecule has 0 aliphatic heterocycles. The number of benzene rings is 1. The van der Waals surface area contributed by atoms with Gasteiger partial charge in [0, 0.05) is 10.6 Å². The summed E-state index contributed by atoms with van der Waals surface area (Å²) in [5, 5.41) is 6.31. The van der Waals surface area contributed by atoms with Crippen molar-refractivity contribution in [1.29, 1.82) is 0 Å². The summed E-state index contributed by atoms with van der Waals surface area (Å²) < 4.78 is 13.4. The zero-order chi connectivity index (χ0) is 14.7. The number of urea groups is 1.